The molecule has 0 radical (unpaired) electrons. The molecule has 0 bridgehead atoms. The van der Waals surface area contributed by atoms with E-state index < -0.39 is 5.60 Å². The standard InChI is InChI=1S/C16H21N3O2/c1-11-5-4-8-16(10-11,20-2)15-18-14(21-19-15)12-6-3-7-13(17)9-12/h3,6-7,9,11H,4-5,8,10,17H2,1-2H3. The SMILES string of the molecule is COC1(c2noc(-c3cccc(N)c3)n2)CCCC(C)C1. The van der Waals surface area contributed by atoms with Gasteiger partial charge in [0.25, 0.3) is 5.89 Å². The smallest absolute Gasteiger partial charge is 0.258 e. The van der Waals surface area contributed by atoms with Crippen LogP contribution in [-0.2, 0) is 10.3 Å². The van der Waals surface area contributed by atoms with E-state index >= 15 is 0 Å². The highest BCUT2D eigenvalue weighted by Crippen LogP contribution is 2.41. The summed E-state index contributed by atoms with van der Waals surface area (Å²) in [4.78, 5) is 4.56. The van der Waals surface area contributed by atoms with E-state index in [0.29, 0.717) is 23.3 Å². The minimum absolute atomic E-state index is 0.417. The zero-order chi connectivity index (χ0) is 14.9. The van der Waals surface area contributed by atoms with Crippen LogP contribution in [0.15, 0.2) is 28.8 Å². The molecule has 0 aliphatic heterocycles. The van der Waals surface area contributed by atoms with Gasteiger partial charge in [0, 0.05) is 18.4 Å². The van der Waals surface area contributed by atoms with Gasteiger partial charge in [0.15, 0.2) is 0 Å². The Balaban J connectivity index is 1.93. The molecule has 5 heteroatoms. The van der Waals surface area contributed by atoms with E-state index in [0.717, 1.165) is 24.8 Å². The van der Waals surface area contributed by atoms with E-state index in [9.17, 15) is 0 Å². The third kappa shape index (κ3) is 2.65. The first-order chi connectivity index (χ1) is 10.1. The molecule has 21 heavy (non-hydrogen) atoms. The van der Waals surface area contributed by atoms with Crippen molar-refractivity contribution in [1.82, 2.24) is 10.1 Å². The Kier molecular flexibility index (Phi) is 3.68. The summed E-state index contributed by atoms with van der Waals surface area (Å²) in [7, 11) is 1.73. The van der Waals surface area contributed by atoms with Crippen LogP contribution in [0.25, 0.3) is 11.5 Å². The molecule has 1 aromatic carbocycles. The highest BCUT2D eigenvalue weighted by Gasteiger charge is 2.41. The summed E-state index contributed by atoms with van der Waals surface area (Å²) in [6.45, 7) is 2.24. The van der Waals surface area contributed by atoms with Gasteiger partial charge in [-0.1, -0.05) is 24.6 Å². The number of nitrogens with two attached hydrogens (primary N) is 1. The zero-order valence-electron chi connectivity index (χ0n) is 12.5. The van der Waals surface area contributed by atoms with Crippen molar-refractivity contribution in [2.45, 2.75) is 38.2 Å². The summed E-state index contributed by atoms with van der Waals surface area (Å²) in [5, 5.41) is 4.17. The lowest BCUT2D eigenvalue weighted by atomic mass is 9.78. The summed E-state index contributed by atoms with van der Waals surface area (Å²) in [6, 6.07) is 7.46. The minimum atomic E-state index is -0.417. The lowest BCUT2D eigenvalue weighted by molar-refractivity contribution is -0.0658. The van der Waals surface area contributed by atoms with Crippen molar-refractivity contribution in [2.75, 3.05) is 12.8 Å². The first kappa shape index (κ1) is 14.1. The lowest BCUT2D eigenvalue weighted by Gasteiger charge is -2.36. The maximum Gasteiger partial charge on any atom is 0.258 e. The number of benzene rings is 1. The predicted molar refractivity (Wildman–Crippen MR) is 80.5 cm³/mol. The molecule has 5 nitrogen and oxygen atoms in total. The number of hydrogen-bond donors (Lipinski definition) is 1. The van der Waals surface area contributed by atoms with Crippen molar-refractivity contribution in [3.05, 3.63) is 30.1 Å². The van der Waals surface area contributed by atoms with Crippen molar-refractivity contribution >= 4 is 5.69 Å². The Morgan fingerprint density at radius 1 is 1.43 bits per heavy atom. The van der Waals surface area contributed by atoms with Crippen LogP contribution in [-0.4, -0.2) is 17.3 Å². The van der Waals surface area contributed by atoms with Crippen LogP contribution in [0, 0.1) is 5.92 Å². The van der Waals surface area contributed by atoms with Crippen LogP contribution in [0.5, 0.6) is 0 Å². The summed E-state index contributed by atoms with van der Waals surface area (Å²) in [5.74, 6) is 1.74. The van der Waals surface area contributed by atoms with Crippen molar-refractivity contribution in [2.24, 2.45) is 5.92 Å². The molecule has 1 fully saturated rings. The fourth-order valence-corrected chi connectivity index (χ4v) is 3.18. The quantitative estimate of drug-likeness (QED) is 0.876. The van der Waals surface area contributed by atoms with Gasteiger partial charge < -0.3 is 15.0 Å². The fourth-order valence-electron chi connectivity index (χ4n) is 3.18. The molecular formula is C16H21N3O2. The Morgan fingerprint density at radius 2 is 2.29 bits per heavy atom. The third-order valence-electron chi connectivity index (χ3n) is 4.31. The maximum atomic E-state index is 5.80. The van der Waals surface area contributed by atoms with Crippen LogP contribution in [0.1, 0.15) is 38.4 Å². The molecular weight excluding hydrogens is 266 g/mol. The van der Waals surface area contributed by atoms with Gasteiger partial charge in [-0.15, -0.1) is 0 Å². The summed E-state index contributed by atoms with van der Waals surface area (Å²) >= 11 is 0. The van der Waals surface area contributed by atoms with E-state index in [1.165, 1.54) is 6.42 Å². The number of nitrogen functional groups attached to an aromatic ring is 1. The molecule has 2 N–H and O–H groups in total. The van der Waals surface area contributed by atoms with Gasteiger partial charge in [-0.25, -0.2) is 0 Å². The summed E-state index contributed by atoms with van der Waals surface area (Å²) in [5.41, 5.74) is 6.90. The lowest BCUT2D eigenvalue weighted by Crippen LogP contribution is -2.35. The van der Waals surface area contributed by atoms with Crippen molar-refractivity contribution < 1.29 is 9.26 Å². The summed E-state index contributed by atoms with van der Waals surface area (Å²) < 4.78 is 11.2. The van der Waals surface area contributed by atoms with Gasteiger partial charge in [-0.3, -0.25) is 0 Å². The number of nitrogens with zero attached hydrogens (tertiary/aromatic N) is 2. The molecule has 2 atom stereocenters. The van der Waals surface area contributed by atoms with Crippen LogP contribution < -0.4 is 5.73 Å². The highest BCUT2D eigenvalue weighted by molar-refractivity contribution is 5.59. The molecule has 0 amide bonds. The van der Waals surface area contributed by atoms with E-state index in [1.807, 2.05) is 24.3 Å². The minimum Gasteiger partial charge on any atom is -0.399 e. The number of methoxy groups -OCH3 is 1. The van der Waals surface area contributed by atoms with Crippen molar-refractivity contribution in [1.29, 1.82) is 0 Å². The molecule has 3 rings (SSSR count). The Hall–Kier alpha value is -1.88. The first-order valence-corrected chi connectivity index (χ1v) is 7.38. The normalized spacial score (nSPS) is 25.9. The highest BCUT2D eigenvalue weighted by atomic mass is 16.5. The van der Waals surface area contributed by atoms with Crippen molar-refractivity contribution in [3.8, 4) is 11.5 Å². The molecule has 0 saturated heterocycles. The van der Waals surface area contributed by atoms with E-state index in [-0.39, 0.29) is 0 Å². The zero-order valence-corrected chi connectivity index (χ0v) is 12.5. The number of ether oxygens (including phenoxy) is 1. The van der Waals surface area contributed by atoms with Crippen LogP contribution >= 0.6 is 0 Å². The topological polar surface area (TPSA) is 74.2 Å². The third-order valence-corrected chi connectivity index (χ3v) is 4.31. The average molecular weight is 287 g/mol. The van der Waals surface area contributed by atoms with Crippen LogP contribution in [0.3, 0.4) is 0 Å². The predicted octanol–water partition coefficient (Wildman–Crippen LogP) is 3.37. The van der Waals surface area contributed by atoms with Gasteiger partial charge in [0.1, 0.15) is 5.60 Å². The van der Waals surface area contributed by atoms with Gasteiger partial charge in [0.05, 0.1) is 0 Å². The molecule has 2 unspecified atom stereocenters. The number of rotatable bonds is 3. The first-order valence-electron chi connectivity index (χ1n) is 7.38. The molecule has 112 valence electrons. The van der Waals surface area contributed by atoms with E-state index in [2.05, 4.69) is 17.1 Å². The van der Waals surface area contributed by atoms with Gasteiger partial charge in [-0.2, -0.15) is 4.98 Å². The fraction of sp³-hybridized carbons (Fsp3) is 0.500. The molecule has 1 aliphatic rings. The number of hydrogen-bond acceptors (Lipinski definition) is 5. The maximum absolute atomic E-state index is 5.80. The number of anilines is 1. The van der Waals surface area contributed by atoms with Crippen LogP contribution in [0.4, 0.5) is 5.69 Å². The van der Waals surface area contributed by atoms with E-state index in [4.69, 9.17) is 15.0 Å². The largest absolute Gasteiger partial charge is 0.399 e. The van der Waals surface area contributed by atoms with E-state index in [1.54, 1.807) is 7.11 Å². The summed E-state index contributed by atoms with van der Waals surface area (Å²) in [6.07, 6.45) is 4.21. The van der Waals surface area contributed by atoms with Gasteiger partial charge in [0.2, 0.25) is 5.82 Å². The molecule has 1 aromatic heterocycles. The Labute approximate surface area is 124 Å². The molecule has 1 heterocycles. The molecule has 1 aliphatic carbocycles. The Morgan fingerprint density at radius 3 is 3.00 bits per heavy atom. The monoisotopic (exact) mass is 287 g/mol. The van der Waals surface area contributed by atoms with Gasteiger partial charge in [-0.05, 0) is 43.4 Å². The number of aromatic nitrogens is 2. The Bertz CT molecular complexity index is 625. The van der Waals surface area contributed by atoms with Gasteiger partial charge >= 0.3 is 0 Å². The second-order valence-corrected chi connectivity index (χ2v) is 5.95. The van der Waals surface area contributed by atoms with Crippen molar-refractivity contribution in [3.63, 3.8) is 0 Å². The second kappa shape index (κ2) is 5.48. The molecule has 1 saturated carbocycles. The molecule has 2 aromatic rings. The average Bonchev–Trinajstić information content (AvgIpc) is 2.97. The van der Waals surface area contributed by atoms with Crippen LogP contribution in [0.2, 0.25) is 0 Å². The molecule has 0 spiro atoms. The second-order valence-electron chi connectivity index (χ2n) is 5.95.